The van der Waals surface area contributed by atoms with Crippen LogP contribution in [-0.2, 0) is 32.5 Å². The van der Waals surface area contributed by atoms with Gasteiger partial charge in [0.1, 0.15) is 5.82 Å². The molecular formula is C19H22FN5O4S. The highest BCUT2D eigenvalue weighted by Gasteiger charge is 2.25. The molecule has 1 aromatic carbocycles. The standard InChI is InChI=1S/C19H22FN5O4S/c20-15-2-1-3-16(10-15)30(27,28)22-12-18(26)25-5-4-14-11-21-19(23-17(14)13-25)24-6-8-29-9-7-24/h1-3,10-11,22H,4-9,12-13H2. The second-order valence-electron chi connectivity index (χ2n) is 7.09. The zero-order valence-corrected chi connectivity index (χ0v) is 17.1. The molecule has 160 valence electrons. The Bertz CT molecular complexity index is 1040. The lowest BCUT2D eigenvalue weighted by molar-refractivity contribution is -0.130. The molecule has 1 amide bonds. The van der Waals surface area contributed by atoms with Crippen LogP contribution in [0.2, 0.25) is 0 Å². The number of carbonyl (C=O) groups is 1. The summed E-state index contributed by atoms with van der Waals surface area (Å²) in [6, 6.07) is 4.65. The summed E-state index contributed by atoms with van der Waals surface area (Å²) in [7, 11) is -3.98. The van der Waals surface area contributed by atoms with Crippen LogP contribution in [0.4, 0.5) is 10.3 Å². The van der Waals surface area contributed by atoms with Crippen LogP contribution in [0.25, 0.3) is 0 Å². The molecule has 0 radical (unpaired) electrons. The summed E-state index contributed by atoms with van der Waals surface area (Å²) in [6.07, 6.45) is 2.39. The Hall–Kier alpha value is -2.63. The van der Waals surface area contributed by atoms with Crippen LogP contribution in [0.1, 0.15) is 11.3 Å². The van der Waals surface area contributed by atoms with E-state index < -0.39 is 22.4 Å². The molecule has 0 bridgehead atoms. The molecule has 2 aliphatic heterocycles. The van der Waals surface area contributed by atoms with Crippen molar-refractivity contribution in [2.75, 3.05) is 44.3 Å². The van der Waals surface area contributed by atoms with Crippen molar-refractivity contribution in [3.8, 4) is 0 Å². The molecule has 0 atom stereocenters. The van der Waals surface area contributed by atoms with E-state index in [4.69, 9.17) is 4.74 Å². The number of sulfonamides is 1. The van der Waals surface area contributed by atoms with E-state index in [0.717, 1.165) is 23.4 Å². The van der Waals surface area contributed by atoms with E-state index >= 15 is 0 Å². The number of hydrogen-bond acceptors (Lipinski definition) is 7. The Kier molecular flexibility index (Phi) is 5.93. The fraction of sp³-hybridized carbons (Fsp3) is 0.421. The van der Waals surface area contributed by atoms with Crippen molar-refractivity contribution >= 4 is 21.9 Å². The molecule has 1 fully saturated rings. The Labute approximate surface area is 173 Å². The fourth-order valence-electron chi connectivity index (χ4n) is 3.41. The number of nitrogens with one attached hydrogen (secondary N) is 1. The first kappa shape index (κ1) is 20.6. The highest BCUT2D eigenvalue weighted by Crippen LogP contribution is 2.20. The first-order valence-electron chi connectivity index (χ1n) is 9.63. The van der Waals surface area contributed by atoms with Crippen LogP contribution in [0, 0.1) is 5.82 Å². The number of aromatic nitrogens is 2. The second kappa shape index (κ2) is 8.62. The van der Waals surface area contributed by atoms with Crippen molar-refractivity contribution in [3.05, 3.63) is 47.5 Å². The van der Waals surface area contributed by atoms with Crippen molar-refractivity contribution in [3.63, 3.8) is 0 Å². The largest absolute Gasteiger partial charge is 0.378 e. The smallest absolute Gasteiger partial charge is 0.241 e. The summed E-state index contributed by atoms with van der Waals surface area (Å²) in [6.45, 7) is 3.00. The zero-order valence-electron chi connectivity index (χ0n) is 16.3. The number of nitrogens with zero attached hydrogens (tertiary/aromatic N) is 4. The number of halogens is 1. The minimum atomic E-state index is -3.98. The predicted molar refractivity (Wildman–Crippen MR) is 106 cm³/mol. The number of rotatable bonds is 5. The minimum absolute atomic E-state index is 0.220. The summed E-state index contributed by atoms with van der Waals surface area (Å²) in [5.41, 5.74) is 1.75. The molecule has 11 heteroatoms. The van der Waals surface area contributed by atoms with E-state index in [2.05, 4.69) is 14.7 Å². The maximum atomic E-state index is 13.3. The van der Waals surface area contributed by atoms with Crippen molar-refractivity contribution in [2.24, 2.45) is 0 Å². The highest BCUT2D eigenvalue weighted by atomic mass is 32.2. The Morgan fingerprint density at radius 3 is 2.80 bits per heavy atom. The van der Waals surface area contributed by atoms with Gasteiger partial charge in [0.2, 0.25) is 21.9 Å². The van der Waals surface area contributed by atoms with Crippen molar-refractivity contribution < 1.29 is 22.3 Å². The van der Waals surface area contributed by atoms with Crippen LogP contribution in [0.15, 0.2) is 35.4 Å². The first-order chi connectivity index (χ1) is 14.4. The van der Waals surface area contributed by atoms with Crippen molar-refractivity contribution in [2.45, 2.75) is 17.9 Å². The maximum Gasteiger partial charge on any atom is 0.241 e. The molecule has 9 nitrogen and oxygen atoms in total. The summed E-state index contributed by atoms with van der Waals surface area (Å²) >= 11 is 0. The van der Waals surface area contributed by atoms with Crippen LogP contribution in [0.5, 0.6) is 0 Å². The van der Waals surface area contributed by atoms with Gasteiger partial charge in [-0.25, -0.2) is 27.5 Å². The summed E-state index contributed by atoms with van der Waals surface area (Å²) in [5.74, 6) is -0.419. The van der Waals surface area contributed by atoms with Gasteiger partial charge in [-0.2, -0.15) is 0 Å². The van der Waals surface area contributed by atoms with E-state index in [0.29, 0.717) is 45.2 Å². The number of carbonyl (C=O) groups excluding carboxylic acids is 1. The minimum Gasteiger partial charge on any atom is -0.378 e. The Morgan fingerprint density at radius 1 is 1.23 bits per heavy atom. The van der Waals surface area contributed by atoms with E-state index in [9.17, 15) is 17.6 Å². The molecule has 4 rings (SSSR count). The number of hydrogen-bond donors (Lipinski definition) is 1. The molecule has 3 heterocycles. The second-order valence-corrected chi connectivity index (χ2v) is 8.86. The average molecular weight is 435 g/mol. The van der Waals surface area contributed by atoms with Crippen molar-refractivity contribution in [1.29, 1.82) is 0 Å². The fourth-order valence-corrected chi connectivity index (χ4v) is 4.41. The van der Waals surface area contributed by atoms with Crippen LogP contribution in [0.3, 0.4) is 0 Å². The quantitative estimate of drug-likeness (QED) is 0.721. The van der Waals surface area contributed by atoms with Crippen LogP contribution >= 0.6 is 0 Å². The number of benzene rings is 1. The molecule has 2 aliphatic rings. The van der Waals surface area contributed by atoms with Gasteiger partial charge in [0.15, 0.2) is 0 Å². The van der Waals surface area contributed by atoms with E-state index in [1.165, 1.54) is 12.1 Å². The molecule has 0 spiro atoms. The lowest BCUT2D eigenvalue weighted by Gasteiger charge is -2.30. The molecular weight excluding hydrogens is 413 g/mol. The predicted octanol–water partition coefficient (Wildman–Crippen LogP) is 0.315. The molecule has 1 saturated heterocycles. The van der Waals surface area contributed by atoms with E-state index in [-0.39, 0.29) is 17.3 Å². The third kappa shape index (κ3) is 4.58. The summed E-state index contributed by atoms with van der Waals surface area (Å²) in [4.78, 5) is 25.0. The SMILES string of the molecule is O=C(CNS(=O)(=O)c1cccc(F)c1)N1CCc2cnc(N3CCOCC3)nc2C1. The van der Waals surface area contributed by atoms with E-state index in [1.54, 1.807) is 11.1 Å². The maximum absolute atomic E-state index is 13.3. The summed E-state index contributed by atoms with van der Waals surface area (Å²) in [5, 5.41) is 0. The third-order valence-corrected chi connectivity index (χ3v) is 6.50. The molecule has 1 N–H and O–H groups in total. The number of amides is 1. The summed E-state index contributed by atoms with van der Waals surface area (Å²) < 4.78 is 45.5. The first-order valence-corrected chi connectivity index (χ1v) is 11.1. The van der Waals surface area contributed by atoms with Crippen molar-refractivity contribution in [1.82, 2.24) is 19.6 Å². The molecule has 0 saturated carbocycles. The van der Waals surface area contributed by atoms with Gasteiger partial charge in [0.05, 0.1) is 36.9 Å². The van der Waals surface area contributed by atoms with Gasteiger partial charge < -0.3 is 14.5 Å². The van der Waals surface area contributed by atoms with Gasteiger partial charge in [0, 0.05) is 25.8 Å². The lowest BCUT2D eigenvalue weighted by Crippen LogP contribution is -2.43. The molecule has 0 unspecified atom stereocenters. The molecule has 2 aromatic rings. The van der Waals surface area contributed by atoms with Gasteiger partial charge in [-0.3, -0.25) is 4.79 Å². The van der Waals surface area contributed by atoms with Gasteiger partial charge >= 0.3 is 0 Å². The number of morpholine rings is 1. The molecule has 1 aromatic heterocycles. The van der Waals surface area contributed by atoms with Crippen LogP contribution in [-0.4, -0.2) is 68.6 Å². The monoisotopic (exact) mass is 435 g/mol. The topological polar surface area (TPSA) is 105 Å². The number of ether oxygens (including phenoxy) is 1. The van der Waals surface area contributed by atoms with Crippen LogP contribution < -0.4 is 9.62 Å². The third-order valence-electron chi connectivity index (χ3n) is 5.10. The number of anilines is 1. The number of fused-ring (bicyclic) bond motifs is 1. The Balaban J connectivity index is 1.40. The molecule has 30 heavy (non-hydrogen) atoms. The Morgan fingerprint density at radius 2 is 2.03 bits per heavy atom. The van der Waals surface area contributed by atoms with Gasteiger partial charge in [-0.15, -0.1) is 0 Å². The van der Waals surface area contributed by atoms with Gasteiger partial charge in [-0.1, -0.05) is 6.07 Å². The highest BCUT2D eigenvalue weighted by molar-refractivity contribution is 7.89. The molecule has 0 aliphatic carbocycles. The van der Waals surface area contributed by atoms with Gasteiger partial charge in [-0.05, 0) is 30.2 Å². The van der Waals surface area contributed by atoms with Gasteiger partial charge in [0.25, 0.3) is 0 Å². The normalized spacial score (nSPS) is 17.0. The van der Waals surface area contributed by atoms with E-state index in [1.807, 2.05) is 4.90 Å². The average Bonchev–Trinajstić information content (AvgIpc) is 2.77. The lowest BCUT2D eigenvalue weighted by atomic mass is 10.1. The zero-order chi connectivity index (χ0) is 21.1.